The van der Waals surface area contributed by atoms with Crippen LogP contribution in [-0.2, 0) is 0 Å². The third-order valence-corrected chi connectivity index (χ3v) is 3.03. The van der Waals surface area contributed by atoms with Crippen LogP contribution in [0.4, 0.5) is 0 Å². The van der Waals surface area contributed by atoms with Crippen LogP contribution >= 0.6 is 11.6 Å². The van der Waals surface area contributed by atoms with E-state index in [1.807, 2.05) is 19.9 Å². The molecule has 0 aliphatic rings. The summed E-state index contributed by atoms with van der Waals surface area (Å²) >= 11 is 5.99. The maximum Gasteiger partial charge on any atom is 0.251 e. The van der Waals surface area contributed by atoms with Crippen LogP contribution in [0.2, 0.25) is 5.02 Å². The molecule has 1 heterocycles. The highest BCUT2D eigenvalue weighted by Gasteiger charge is 2.13. The van der Waals surface area contributed by atoms with Crippen molar-refractivity contribution < 1.29 is 4.79 Å². The van der Waals surface area contributed by atoms with E-state index >= 15 is 0 Å². The summed E-state index contributed by atoms with van der Waals surface area (Å²) in [4.78, 5) is 16.0. The Morgan fingerprint density at radius 1 is 1.50 bits per heavy atom. The second kappa shape index (κ2) is 5.18. The van der Waals surface area contributed by atoms with E-state index in [1.54, 1.807) is 12.1 Å². The van der Waals surface area contributed by atoms with Gasteiger partial charge in [0.15, 0.2) is 0 Å². The zero-order valence-corrected chi connectivity index (χ0v) is 10.8. The molecule has 0 fully saturated rings. The number of H-pyrrole nitrogens is 1. The van der Waals surface area contributed by atoms with Crippen molar-refractivity contribution in [2.75, 3.05) is 0 Å². The van der Waals surface area contributed by atoms with Crippen molar-refractivity contribution in [3.8, 4) is 0 Å². The molecule has 0 aliphatic carbocycles. The van der Waals surface area contributed by atoms with Crippen molar-refractivity contribution in [1.82, 2.24) is 20.5 Å². The van der Waals surface area contributed by atoms with Gasteiger partial charge < -0.3 is 5.32 Å². The molecule has 94 valence electrons. The molecule has 5 nitrogen and oxygen atoms in total. The highest BCUT2D eigenvalue weighted by Crippen LogP contribution is 2.17. The monoisotopic (exact) mass is 264 g/mol. The number of carbonyl (C=O) groups excluding carboxylic acids is 1. The van der Waals surface area contributed by atoms with Crippen LogP contribution in [0.15, 0.2) is 24.5 Å². The van der Waals surface area contributed by atoms with Crippen molar-refractivity contribution in [1.29, 1.82) is 0 Å². The summed E-state index contributed by atoms with van der Waals surface area (Å²) in [5, 5.41) is 9.85. The number of halogens is 1. The summed E-state index contributed by atoms with van der Waals surface area (Å²) in [6.07, 6.45) is 1.40. The largest absolute Gasteiger partial charge is 0.342 e. The summed E-state index contributed by atoms with van der Waals surface area (Å²) < 4.78 is 0. The smallest absolute Gasteiger partial charge is 0.251 e. The van der Waals surface area contributed by atoms with E-state index in [2.05, 4.69) is 20.5 Å². The number of amides is 1. The van der Waals surface area contributed by atoms with Gasteiger partial charge in [-0.05, 0) is 31.5 Å². The van der Waals surface area contributed by atoms with Gasteiger partial charge in [-0.15, -0.1) is 0 Å². The van der Waals surface area contributed by atoms with E-state index in [9.17, 15) is 4.79 Å². The predicted octanol–water partition coefficient (Wildman–Crippen LogP) is 2.26. The molecule has 0 bridgehead atoms. The highest BCUT2D eigenvalue weighted by atomic mass is 35.5. The Morgan fingerprint density at radius 2 is 2.28 bits per heavy atom. The Labute approximate surface area is 110 Å². The fourth-order valence-corrected chi connectivity index (χ4v) is 1.69. The first-order valence-electron chi connectivity index (χ1n) is 5.50. The molecule has 0 saturated carbocycles. The number of nitrogens with one attached hydrogen (secondary N) is 2. The molecular formula is C12H13ClN4O. The van der Waals surface area contributed by atoms with E-state index in [1.165, 1.54) is 6.33 Å². The lowest BCUT2D eigenvalue weighted by molar-refractivity contribution is 0.0938. The number of aromatic nitrogens is 3. The molecule has 1 aromatic heterocycles. The Hall–Kier alpha value is -1.88. The lowest BCUT2D eigenvalue weighted by Gasteiger charge is -2.11. The second-order valence-corrected chi connectivity index (χ2v) is 4.44. The van der Waals surface area contributed by atoms with Gasteiger partial charge in [-0.25, -0.2) is 4.98 Å². The van der Waals surface area contributed by atoms with Crippen molar-refractivity contribution >= 4 is 17.5 Å². The molecule has 6 heteroatoms. The summed E-state index contributed by atoms with van der Waals surface area (Å²) in [6, 6.07) is 4.97. The van der Waals surface area contributed by atoms with Crippen LogP contribution in [0.5, 0.6) is 0 Å². The van der Waals surface area contributed by atoms with Crippen LogP contribution in [0.25, 0.3) is 0 Å². The molecule has 0 saturated heterocycles. The van der Waals surface area contributed by atoms with E-state index in [0.29, 0.717) is 16.4 Å². The third kappa shape index (κ3) is 2.68. The van der Waals surface area contributed by atoms with Crippen molar-refractivity contribution in [2.45, 2.75) is 19.9 Å². The number of aromatic amines is 1. The summed E-state index contributed by atoms with van der Waals surface area (Å²) in [7, 11) is 0. The lowest BCUT2D eigenvalue weighted by Crippen LogP contribution is -2.27. The first kappa shape index (κ1) is 12.6. The van der Waals surface area contributed by atoms with Gasteiger partial charge in [0, 0.05) is 10.6 Å². The minimum absolute atomic E-state index is 0.194. The molecule has 2 rings (SSSR count). The van der Waals surface area contributed by atoms with Gasteiger partial charge in [0.2, 0.25) is 0 Å². The van der Waals surface area contributed by atoms with Crippen LogP contribution < -0.4 is 5.32 Å². The Bertz CT molecular complexity index is 553. The molecule has 0 spiro atoms. The Kier molecular flexibility index (Phi) is 3.62. The number of benzene rings is 1. The van der Waals surface area contributed by atoms with Gasteiger partial charge in [-0.2, -0.15) is 5.10 Å². The maximum atomic E-state index is 12.0. The number of hydrogen-bond acceptors (Lipinski definition) is 3. The maximum absolute atomic E-state index is 12.0. The van der Waals surface area contributed by atoms with Crippen molar-refractivity contribution in [3.63, 3.8) is 0 Å². The Balaban J connectivity index is 2.10. The molecule has 1 aromatic carbocycles. The molecule has 1 amide bonds. The molecule has 2 N–H and O–H groups in total. The molecular weight excluding hydrogens is 252 g/mol. The van der Waals surface area contributed by atoms with Crippen LogP contribution in [-0.4, -0.2) is 21.1 Å². The Morgan fingerprint density at radius 3 is 2.89 bits per heavy atom. The minimum atomic E-state index is -0.236. The predicted molar refractivity (Wildman–Crippen MR) is 68.5 cm³/mol. The minimum Gasteiger partial charge on any atom is -0.342 e. The van der Waals surface area contributed by atoms with Gasteiger partial charge in [-0.1, -0.05) is 17.7 Å². The third-order valence-electron chi connectivity index (χ3n) is 2.63. The fourth-order valence-electron chi connectivity index (χ4n) is 1.51. The average molecular weight is 265 g/mol. The molecule has 1 atom stereocenters. The SMILES string of the molecule is Cc1ccc(C(=O)NC(C)c2ncn[nH]2)cc1Cl. The number of aryl methyl sites for hydroxylation is 1. The molecule has 18 heavy (non-hydrogen) atoms. The highest BCUT2D eigenvalue weighted by molar-refractivity contribution is 6.31. The summed E-state index contributed by atoms with van der Waals surface area (Å²) in [5.74, 6) is 0.419. The first-order valence-corrected chi connectivity index (χ1v) is 5.88. The molecule has 2 aromatic rings. The van der Waals surface area contributed by atoms with Crippen molar-refractivity contribution in [2.24, 2.45) is 0 Å². The number of nitrogens with zero attached hydrogens (tertiary/aromatic N) is 2. The summed E-state index contributed by atoms with van der Waals surface area (Å²) in [5.41, 5.74) is 1.47. The number of carbonyl (C=O) groups is 1. The average Bonchev–Trinajstić information content (AvgIpc) is 2.86. The fraction of sp³-hybridized carbons (Fsp3) is 0.250. The van der Waals surface area contributed by atoms with Gasteiger partial charge in [-0.3, -0.25) is 9.89 Å². The summed E-state index contributed by atoms with van der Waals surface area (Å²) in [6.45, 7) is 3.72. The van der Waals surface area contributed by atoms with E-state index in [0.717, 1.165) is 5.56 Å². The van der Waals surface area contributed by atoms with Crippen LogP contribution in [0.1, 0.15) is 34.7 Å². The zero-order valence-electron chi connectivity index (χ0n) is 10.1. The van der Waals surface area contributed by atoms with Crippen LogP contribution in [0.3, 0.4) is 0 Å². The number of hydrogen-bond donors (Lipinski definition) is 2. The zero-order chi connectivity index (χ0) is 13.1. The normalized spacial score (nSPS) is 12.2. The topological polar surface area (TPSA) is 70.7 Å². The second-order valence-electron chi connectivity index (χ2n) is 4.03. The quantitative estimate of drug-likeness (QED) is 0.893. The van der Waals surface area contributed by atoms with Gasteiger partial charge in [0.1, 0.15) is 12.2 Å². The molecule has 0 radical (unpaired) electrons. The van der Waals surface area contributed by atoms with E-state index < -0.39 is 0 Å². The van der Waals surface area contributed by atoms with Gasteiger partial charge >= 0.3 is 0 Å². The van der Waals surface area contributed by atoms with Crippen LogP contribution in [0, 0.1) is 6.92 Å². The first-order chi connectivity index (χ1) is 8.58. The number of rotatable bonds is 3. The van der Waals surface area contributed by atoms with E-state index in [4.69, 9.17) is 11.6 Å². The van der Waals surface area contributed by atoms with Crippen molar-refractivity contribution in [3.05, 3.63) is 46.5 Å². The molecule has 0 aliphatic heterocycles. The van der Waals surface area contributed by atoms with Gasteiger partial charge in [0.05, 0.1) is 6.04 Å². The lowest BCUT2D eigenvalue weighted by atomic mass is 10.1. The van der Waals surface area contributed by atoms with Gasteiger partial charge in [0.25, 0.3) is 5.91 Å². The van der Waals surface area contributed by atoms with E-state index in [-0.39, 0.29) is 11.9 Å². The standard InChI is InChI=1S/C12H13ClN4O/c1-7-3-4-9(5-10(7)13)12(18)16-8(2)11-14-6-15-17-11/h3-6,8H,1-2H3,(H,16,18)(H,14,15,17). The molecule has 1 unspecified atom stereocenters.